The van der Waals surface area contributed by atoms with Crippen LogP contribution in [-0.2, 0) is 9.53 Å². The molecule has 0 radical (unpaired) electrons. The molecule has 0 aromatic rings. The highest BCUT2D eigenvalue weighted by molar-refractivity contribution is 5.82. The molecule has 17 heavy (non-hydrogen) atoms. The molecule has 0 saturated carbocycles. The molecule has 0 spiro atoms. The predicted molar refractivity (Wildman–Crippen MR) is 58.6 cm³/mol. The average Bonchev–Trinajstić information content (AvgIpc) is 2.25. The minimum absolute atomic E-state index is 0.388. The second-order valence-electron chi connectivity index (χ2n) is 4.34. The molecule has 1 fully saturated rings. The number of hydrogen-bond acceptors (Lipinski definition) is 4. The van der Waals surface area contributed by atoms with Crippen LogP contribution in [0.2, 0.25) is 0 Å². The minimum Gasteiger partial charge on any atom is -0.480 e. The first-order valence-electron chi connectivity index (χ1n) is 5.47. The molecule has 1 saturated heterocycles. The van der Waals surface area contributed by atoms with E-state index in [2.05, 4.69) is 10.6 Å². The summed E-state index contributed by atoms with van der Waals surface area (Å²) < 4.78 is 5.18. The topological polar surface area (TPSA) is 108 Å². The van der Waals surface area contributed by atoms with Gasteiger partial charge in [-0.1, -0.05) is 0 Å². The summed E-state index contributed by atoms with van der Waals surface area (Å²) in [4.78, 5) is 22.2. The van der Waals surface area contributed by atoms with Crippen molar-refractivity contribution in [2.75, 3.05) is 19.8 Å². The van der Waals surface area contributed by atoms with Crippen molar-refractivity contribution in [1.29, 1.82) is 0 Å². The zero-order valence-electron chi connectivity index (χ0n) is 9.73. The van der Waals surface area contributed by atoms with Gasteiger partial charge >= 0.3 is 12.0 Å². The van der Waals surface area contributed by atoms with E-state index in [1.54, 1.807) is 0 Å². The van der Waals surface area contributed by atoms with E-state index in [-0.39, 0.29) is 5.54 Å². The van der Waals surface area contributed by atoms with Crippen LogP contribution in [0.15, 0.2) is 0 Å². The Hall–Kier alpha value is -1.34. The summed E-state index contributed by atoms with van der Waals surface area (Å²) in [6, 6.07) is -1.87. The molecule has 98 valence electrons. The zero-order valence-corrected chi connectivity index (χ0v) is 9.73. The molecule has 1 aliphatic rings. The monoisotopic (exact) mass is 246 g/mol. The number of carbonyl (C=O) groups excluding carboxylic acids is 1. The van der Waals surface area contributed by atoms with Crippen molar-refractivity contribution in [3.63, 3.8) is 0 Å². The highest BCUT2D eigenvalue weighted by atomic mass is 16.5. The van der Waals surface area contributed by atoms with Crippen LogP contribution in [0, 0.1) is 0 Å². The maximum Gasteiger partial charge on any atom is 0.328 e. The number of hydrogen-bond donors (Lipinski definition) is 4. The van der Waals surface area contributed by atoms with Crippen molar-refractivity contribution in [2.24, 2.45) is 0 Å². The van der Waals surface area contributed by atoms with E-state index >= 15 is 0 Å². The highest BCUT2D eigenvalue weighted by Crippen LogP contribution is 2.19. The Morgan fingerprint density at radius 1 is 1.41 bits per heavy atom. The molecule has 1 heterocycles. The second-order valence-corrected chi connectivity index (χ2v) is 4.34. The van der Waals surface area contributed by atoms with Crippen molar-refractivity contribution < 1.29 is 24.5 Å². The molecule has 1 unspecified atom stereocenters. The third-order valence-corrected chi connectivity index (χ3v) is 2.80. The van der Waals surface area contributed by atoms with E-state index in [1.165, 1.54) is 0 Å². The molecule has 7 heteroatoms. The molecule has 7 nitrogen and oxygen atoms in total. The van der Waals surface area contributed by atoms with E-state index in [9.17, 15) is 9.59 Å². The molecular formula is C10H18N2O5. The fourth-order valence-electron chi connectivity index (χ4n) is 1.60. The van der Waals surface area contributed by atoms with Gasteiger partial charge < -0.3 is 25.6 Å². The summed E-state index contributed by atoms with van der Waals surface area (Å²) in [5, 5.41) is 22.4. The van der Waals surface area contributed by atoms with Gasteiger partial charge in [0.15, 0.2) is 6.04 Å². The Bertz CT molecular complexity index is 288. The lowest BCUT2D eigenvalue weighted by molar-refractivity contribution is -0.140. The summed E-state index contributed by atoms with van der Waals surface area (Å²) in [7, 11) is 0. The maximum atomic E-state index is 11.6. The second kappa shape index (κ2) is 5.83. The molecule has 2 amide bonds. The van der Waals surface area contributed by atoms with E-state index < -0.39 is 24.6 Å². The van der Waals surface area contributed by atoms with Gasteiger partial charge in [0.1, 0.15) is 0 Å². The number of aliphatic hydroxyl groups is 1. The number of carboxylic acid groups (broad SMARTS) is 1. The van der Waals surface area contributed by atoms with Crippen LogP contribution in [0.1, 0.15) is 19.8 Å². The molecule has 1 rings (SSSR count). The Balaban J connectivity index is 2.45. The molecular weight excluding hydrogens is 228 g/mol. The lowest BCUT2D eigenvalue weighted by Gasteiger charge is -2.34. The number of carboxylic acids is 1. The lowest BCUT2D eigenvalue weighted by Crippen LogP contribution is -2.56. The van der Waals surface area contributed by atoms with Gasteiger partial charge in [-0.25, -0.2) is 9.59 Å². The van der Waals surface area contributed by atoms with Gasteiger partial charge in [-0.2, -0.15) is 0 Å². The van der Waals surface area contributed by atoms with Crippen molar-refractivity contribution >= 4 is 12.0 Å². The fraction of sp³-hybridized carbons (Fsp3) is 0.800. The number of nitrogens with one attached hydrogen (secondary N) is 2. The van der Waals surface area contributed by atoms with E-state index in [1.807, 2.05) is 6.92 Å². The zero-order chi connectivity index (χ0) is 12.9. The number of aliphatic carboxylic acids is 1. The van der Waals surface area contributed by atoms with Crippen LogP contribution in [0.5, 0.6) is 0 Å². The van der Waals surface area contributed by atoms with Gasteiger partial charge in [0.05, 0.1) is 6.61 Å². The van der Waals surface area contributed by atoms with Crippen LogP contribution in [0.3, 0.4) is 0 Å². The molecule has 0 aliphatic carbocycles. The number of carbonyl (C=O) groups is 2. The maximum absolute atomic E-state index is 11.6. The molecule has 1 aliphatic heterocycles. The average molecular weight is 246 g/mol. The standard InChI is InChI=1S/C10H18N2O5/c1-10(2-4-17-5-3-10)12-9(16)11-7(6-13)8(14)15/h7,13H,2-6H2,1H3,(H,14,15)(H2,11,12,16). The minimum atomic E-state index is -1.28. The largest absolute Gasteiger partial charge is 0.480 e. The van der Waals surface area contributed by atoms with Crippen LogP contribution in [-0.4, -0.2) is 53.6 Å². The first-order chi connectivity index (χ1) is 7.97. The van der Waals surface area contributed by atoms with Gasteiger partial charge in [0, 0.05) is 18.8 Å². The molecule has 0 aromatic heterocycles. The van der Waals surface area contributed by atoms with Crippen LogP contribution in [0.25, 0.3) is 0 Å². The lowest BCUT2D eigenvalue weighted by atomic mass is 9.93. The Morgan fingerprint density at radius 2 is 2.00 bits per heavy atom. The molecule has 0 aromatic carbocycles. The van der Waals surface area contributed by atoms with Gasteiger partial charge in [-0.3, -0.25) is 0 Å². The number of urea groups is 1. The summed E-state index contributed by atoms with van der Waals surface area (Å²) in [5.74, 6) is -1.26. The first-order valence-corrected chi connectivity index (χ1v) is 5.47. The van der Waals surface area contributed by atoms with Crippen molar-refractivity contribution in [2.45, 2.75) is 31.3 Å². The Morgan fingerprint density at radius 3 is 2.47 bits per heavy atom. The third kappa shape index (κ3) is 4.20. The van der Waals surface area contributed by atoms with E-state index in [0.717, 1.165) is 0 Å². The Labute approximate surface area is 99.1 Å². The number of ether oxygens (including phenoxy) is 1. The van der Waals surface area contributed by atoms with Crippen LogP contribution in [0.4, 0.5) is 4.79 Å². The fourth-order valence-corrected chi connectivity index (χ4v) is 1.60. The summed E-state index contributed by atoms with van der Waals surface area (Å²) >= 11 is 0. The number of aliphatic hydroxyl groups excluding tert-OH is 1. The summed E-state index contributed by atoms with van der Waals surface area (Å²) in [6.07, 6.45) is 1.36. The predicted octanol–water partition coefficient (Wildman–Crippen LogP) is -0.700. The smallest absolute Gasteiger partial charge is 0.328 e. The van der Waals surface area contributed by atoms with Crippen molar-refractivity contribution in [3.05, 3.63) is 0 Å². The SMILES string of the molecule is CC1(NC(=O)NC(CO)C(=O)O)CCOCC1. The van der Waals surface area contributed by atoms with Crippen molar-refractivity contribution in [1.82, 2.24) is 10.6 Å². The Kier molecular flexibility index (Phi) is 4.71. The molecule has 4 N–H and O–H groups in total. The van der Waals surface area contributed by atoms with E-state index in [0.29, 0.717) is 26.1 Å². The molecule has 0 bridgehead atoms. The summed E-state index contributed by atoms with van der Waals surface area (Å²) in [6.45, 7) is 2.38. The number of amides is 2. The van der Waals surface area contributed by atoms with Gasteiger partial charge in [-0.05, 0) is 19.8 Å². The van der Waals surface area contributed by atoms with Crippen LogP contribution < -0.4 is 10.6 Å². The highest BCUT2D eigenvalue weighted by Gasteiger charge is 2.30. The normalized spacial score (nSPS) is 20.4. The third-order valence-electron chi connectivity index (χ3n) is 2.80. The molecule has 1 atom stereocenters. The number of rotatable bonds is 4. The van der Waals surface area contributed by atoms with Gasteiger partial charge in [-0.15, -0.1) is 0 Å². The van der Waals surface area contributed by atoms with Gasteiger partial charge in [0.25, 0.3) is 0 Å². The summed E-state index contributed by atoms with van der Waals surface area (Å²) in [5.41, 5.74) is -0.388. The first kappa shape index (κ1) is 13.7. The van der Waals surface area contributed by atoms with Gasteiger partial charge in [0.2, 0.25) is 0 Å². The van der Waals surface area contributed by atoms with E-state index in [4.69, 9.17) is 14.9 Å². The van der Waals surface area contributed by atoms with Crippen molar-refractivity contribution in [3.8, 4) is 0 Å². The quantitative estimate of drug-likeness (QED) is 0.524. The van der Waals surface area contributed by atoms with Crippen LogP contribution >= 0.6 is 0 Å².